The Bertz CT molecular complexity index is 50.0. The van der Waals surface area contributed by atoms with Crippen LogP contribution in [0.3, 0.4) is 0 Å². The zero-order valence-electron chi connectivity index (χ0n) is 4.41. The molecule has 0 bridgehead atoms. The summed E-state index contributed by atoms with van der Waals surface area (Å²) in [5.41, 5.74) is 0. The maximum absolute atomic E-state index is 6.01. The van der Waals surface area contributed by atoms with Crippen molar-refractivity contribution in [3.63, 3.8) is 0 Å². The summed E-state index contributed by atoms with van der Waals surface area (Å²) in [7, 11) is 6.01. The van der Waals surface area contributed by atoms with Crippen molar-refractivity contribution in [2.24, 2.45) is 0 Å². The van der Waals surface area contributed by atoms with Crippen LogP contribution in [0.2, 0.25) is 8.87 Å². The molecule has 0 N–H and O–H groups in total. The van der Waals surface area contributed by atoms with Gasteiger partial charge in [-0.1, -0.05) is 0 Å². The van der Waals surface area contributed by atoms with Crippen molar-refractivity contribution in [2.45, 2.75) is 28.1 Å². The molecule has 1 rings (SSSR count). The third-order valence-electron chi connectivity index (χ3n) is 1.40. The number of hydrogen-bond donors (Lipinski definition) is 0. The molecular weight excluding hydrogens is 214 g/mol. The van der Waals surface area contributed by atoms with Crippen LogP contribution in [0.15, 0.2) is 0 Å². The van der Waals surface area contributed by atoms with Crippen molar-refractivity contribution in [1.29, 1.82) is 0 Å². The second kappa shape index (κ2) is 3.18. The van der Waals surface area contributed by atoms with Crippen molar-refractivity contribution in [2.75, 3.05) is 0 Å². The van der Waals surface area contributed by atoms with Crippen LogP contribution in [0.5, 0.6) is 0 Å². The van der Waals surface area contributed by atoms with Gasteiger partial charge < -0.3 is 0 Å². The average Bonchev–Trinajstić information content (AvgIpc) is 1.69. The van der Waals surface area contributed by atoms with Crippen molar-refractivity contribution >= 4 is 27.6 Å². The molecule has 0 aliphatic carbocycles. The molecule has 0 saturated carbocycles. The Balaban J connectivity index is 2.12. The van der Waals surface area contributed by atoms with E-state index in [1.165, 1.54) is 28.1 Å². The first kappa shape index (κ1) is 6.21. The third-order valence-corrected chi connectivity index (χ3v) is 9.05. The maximum atomic E-state index is 6.01. The molecule has 1 saturated heterocycles. The van der Waals surface area contributed by atoms with E-state index < -0.39 is 18.6 Å². The van der Waals surface area contributed by atoms with Crippen LogP contribution < -0.4 is 0 Å². The molecule has 2 heteroatoms. The molecule has 0 amide bonds. The molecule has 1 heterocycles. The Morgan fingerprint density at radius 2 is 1.57 bits per heavy atom. The molecule has 1 aliphatic rings. The van der Waals surface area contributed by atoms with Gasteiger partial charge in [-0.05, 0) is 0 Å². The molecule has 0 unspecified atom stereocenters. The van der Waals surface area contributed by atoms with Gasteiger partial charge in [-0.2, -0.15) is 0 Å². The molecule has 0 aromatic rings. The van der Waals surface area contributed by atoms with E-state index in [9.17, 15) is 0 Å². The van der Waals surface area contributed by atoms with E-state index in [2.05, 4.69) is 0 Å². The molecule has 1 fully saturated rings. The van der Waals surface area contributed by atoms with Crippen molar-refractivity contribution in [3.8, 4) is 0 Å². The van der Waals surface area contributed by atoms with E-state index >= 15 is 0 Å². The van der Waals surface area contributed by atoms with E-state index in [0.29, 0.717) is 0 Å². The van der Waals surface area contributed by atoms with Crippen molar-refractivity contribution < 1.29 is 0 Å². The van der Waals surface area contributed by atoms with Crippen molar-refractivity contribution in [3.05, 3.63) is 0 Å². The second-order valence-corrected chi connectivity index (χ2v) is 11.5. The molecule has 0 spiro atoms. The van der Waals surface area contributed by atoms with Gasteiger partial charge in [-0.3, -0.25) is 0 Å². The van der Waals surface area contributed by atoms with E-state index in [4.69, 9.17) is 8.92 Å². The van der Waals surface area contributed by atoms with Gasteiger partial charge in [0.1, 0.15) is 0 Å². The fourth-order valence-electron chi connectivity index (χ4n) is 0.935. The first-order valence-electron chi connectivity index (χ1n) is 2.90. The summed E-state index contributed by atoms with van der Waals surface area (Å²) >= 11 is -1.09. The average molecular weight is 224 g/mol. The van der Waals surface area contributed by atoms with Crippen LogP contribution in [0.4, 0.5) is 0 Å². The van der Waals surface area contributed by atoms with Crippen LogP contribution in [0.1, 0.15) is 19.3 Å². The quantitative estimate of drug-likeness (QED) is 0.554. The van der Waals surface area contributed by atoms with E-state index in [-0.39, 0.29) is 0 Å². The summed E-state index contributed by atoms with van der Waals surface area (Å²) in [5.74, 6) is 0. The summed E-state index contributed by atoms with van der Waals surface area (Å²) in [6.45, 7) is 0. The number of halogens is 1. The monoisotopic (exact) mass is 225 g/mol. The van der Waals surface area contributed by atoms with E-state index in [1.807, 2.05) is 0 Å². The van der Waals surface area contributed by atoms with E-state index in [0.717, 1.165) is 0 Å². The summed E-state index contributed by atoms with van der Waals surface area (Å²) in [6, 6.07) is 0. The molecule has 41 valence electrons. The second-order valence-electron chi connectivity index (χ2n) is 2.08. The van der Waals surface area contributed by atoms with Gasteiger partial charge in [0, 0.05) is 0 Å². The van der Waals surface area contributed by atoms with Gasteiger partial charge in [0.25, 0.3) is 0 Å². The summed E-state index contributed by atoms with van der Waals surface area (Å²) in [4.78, 5) is 0. The minimum atomic E-state index is -1.09. The summed E-state index contributed by atoms with van der Waals surface area (Å²) in [5, 5.41) is 0. The Hall–Kier alpha value is 1.09. The van der Waals surface area contributed by atoms with Gasteiger partial charge in [0.2, 0.25) is 0 Å². The first-order valence-corrected chi connectivity index (χ1v) is 10.5. The van der Waals surface area contributed by atoms with Gasteiger partial charge in [0.15, 0.2) is 0 Å². The molecule has 0 aromatic carbocycles. The normalized spacial score (nSPS) is 25.3. The van der Waals surface area contributed by atoms with Crippen LogP contribution in [0, 0.1) is 0 Å². The van der Waals surface area contributed by atoms with Gasteiger partial charge in [-0.25, -0.2) is 0 Å². The Kier molecular flexibility index (Phi) is 2.82. The number of rotatable bonds is 0. The Labute approximate surface area is 55.7 Å². The predicted molar refractivity (Wildman–Crippen MR) is 35.1 cm³/mol. The van der Waals surface area contributed by atoms with Gasteiger partial charge in [-0.15, -0.1) is 0 Å². The number of hydrogen-bond acceptors (Lipinski definition) is 0. The molecule has 0 aromatic heterocycles. The molecule has 0 atom stereocenters. The molecule has 7 heavy (non-hydrogen) atoms. The van der Waals surface area contributed by atoms with Crippen molar-refractivity contribution in [1.82, 2.24) is 0 Å². The van der Waals surface area contributed by atoms with Gasteiger partial charge in [0.05, 0.1) is 0 Å². The Morgan fingerprint density at radius 1 is 1.00 bits per heavy atom. The third kappa shape index (κ3) is 2.22. The topological polar surface area (TPSA) is 0 Å². The summed E-state index contributed by atoms with van der Waals surface area (Å²) < 4.78 is 2.90. The van der Waals surface area contributed by atoms with Crippen LogP contribution in [0.25, 0.3) is 0 Å². The zero-order chi connectivity index (χ0) is 5.11. The molecule has 1 aliphatic heterocycles. The van der Waals surface area contributed by atoms with Crippen LogP contribution >= 0.6 is 8.92 Å². The predicted octanol–water partition coefficient (Wildman–Crippen LogP) is 2.40. The molecule has 0 nitrogen and oxygen atoms in total. The summed E-state index contributed by atoms with van der Waals surface area (Å²) in [6.07, 6.45) is 4.34. The van der Waals surface area contributed by atoms with Crippen LogP contribution in [-0.2, 0) is 0 Å². The first-order chi connectivity index (χ1) is 3.39. The minimum absolute atomic E-state index is 1.09. The van der Waals surface area contributed by atoms with Gasteiger partial charge >= 0.3 is 55.7 Å². The molecule has 1 radical (unpaired) electrons. The SMILES string of the molecule is [Cl][Sn]1[CH2]CCC[CH2]1. The fourth-order valence-corrected chi connectivity index (χ4v) is 7.06. The zero-order valence-corrected chi connectivity index (χ0v) is 8.02. The molecular formula is C5H10ClSn. The Morgan fingerprint density at radius 3 is 1.86 bits per heavy atom. The standard InChI is InChI=1S/C5H10.ClH.Sn/c1-3-5-4-2;;/h1-5H2;1H;/q;;+1/p-1. The van der Waals surface area contributed by atoms with E-state index in [1.54, 1.807) is 0 Å². The fraction of sp³-hybridized carbons (Fsp3) is 1.00. The van der Waals surface area contributed by atoms with Crippen LogP contribution in [-0.4, -0.2) is 18.6 Å².